The molecule has 0 spiro atoms. The Morgan fingerprint density at radius 1 is 1.25 bits per heavy atom. The maximum Gasteiger partial charge on any atom is 0.325 e. The molecule has 2 heterocycles. The zero-order valence-electron chi connectivity index (χ0n) is 12.7. The lowest BCUT2D eigenvalue weighted by Crippen LogP contribution is -2.41. The predicted octanol–water partition coefficient (Wildman–Crippen LogP) is -0.866. The third-order valence-electron chi connectivity index (χ3n) is 3.58. The number of amides is 4. The van der Waals surface area contributed by atoms with Crippen LogP contribution in [0.4, 0.5) is 4.79 Å². The second-order valence-electron chi connectivity index (χ2n) is 5.27. The van der Waals surface area contributed by atoms with Gasteiger partial charge >= 0.3 is 6.03 Å². The van der Waals surface area contributed by atoms with Crippen molar-refractivity contribution in [3.05, 3.63) is 40.4 Å². The molecule has 4 amide bonds. The van der Waals surface area contributed by atoms with Gasteiger partial charge in [0, 0.05) is 13.0 Å². The lowest BCUT2D eigenvalue weighted by molar-refractivity contribution is -0.130. The molecular weight excluding hydrogens is 314 g/mol. The molecule has 3 N–H and O–H groups in total. The van der Waals surface area contributed by atoms with Gasteiger partial charge in [0.2, 0.25) is 5.91 Å². The van der Waals surface area contributed by atoms with Gasteiger partial charge in [0.05, 0.1) is 17.4 Å². The molecule has 0 aliphatic carbocycles. The van der Waals surface area contributed by atoms with Crippen molar-refractivity contribution >= 4 is 28.7 Å². The molecule has 0 atom stereocenters. The van der Waals surface area contributed by atoms with Crippen molar-refractivity contribution in [1.29, 1.82) is 0 Å². The summed E-state index contributed by atoms with van der Waals surface area (Å²) in [5, 5.41) is 5.43. The molecule has 1 saturated heterocycles. The van der Waals surface area contributed by atoms with Gasteiger partial charge < -0.3 is 15.6 Å². The van der Waals surface area contributed by atoms with Crippen LogP contribution >= 0.6 is 0 Å². The Balaban J connectivity index is 1.56. The van der Waals surface area contributed by atoms with Crippen LogP contribution < -0.4 is 16.2 Å². The number of urea groups is 1. The van der Waals surface area contributed by atoms with Crippen molar-refractivity contribution in [3.8, 4) is 0 Å². The third-order valence-corrected chi connectivity index (χ3v) is 3.58. The summed E-state index contributed by atoms with van der Waals surface area (Å²) in [6.07, 6.45) is 0.325. The van der Waals surface area contributed by atoms with Gasteiger partial charge in [0.1, 0.15) is 12.4 Å². The maximum atomic E-state index is 11.9. The quantitative estimate of drug-likeness (QED) is 0.615. The number of H-pyrrole nitrogens is 1. The Labute approximate surface area is 136 Å². The van der Waals surface area contributed by atoms with Crippen molar-refractivity contribution in [2.24, 2.45) is 0 Å². The molecule has 3 rings (SSSR count). The van der Waals surface area contributed by atoms with E-state index in [0.29, 0.717) is 23.1 Å². The first kappa shape index (κ1) is 15.7. The number of para-hydroxylation sites is 1. The lowest BCUT2D eigenvalue weighted by Gasteiger charge is -2.12. The van der Waals surface area contributed by atoms with Crippen LogP contribution in [0.3, 0.4) is 0 Å². The minimum Gasteiger partial charge on any atom is -0.354 e. The summed E-state index contributed by atoms with van der Waals surface area (Å²) in [6, 6.07) is 6.40. The van der Waals surface area contributed by atoms with Crippen molar-refractivity contribution in [1.82, 2.24) is 25.5 Å². The highest BCUT2D eigenvalue weighted by Crippen LogP contribution is 2.05. The Kier molecular flexibility index (Phi) is 4.23. The van der Waals surface area contributed by atoms with Gasteiger partial charge in [-0.15, -0.1) is 0 Å². The monoisotopic (exact) mass is 329 g/mol. The number of hydrogen-bond donors (Lipinski definition) is 3. The zero-order valence-corrected chi connectivity index (χ0v) is 12.7. The number of aromatic amines is 1. The number of hydrogen-bond acceptors (Lipinski definition) is 5. The van der Waals surface area contributed by atoms with Gasteiger partial charge in [-0.05, 0) is 12.1 Å². The minimum atomic E-state index is -0.573. The fourth-order valence-electron chi connectivity index (χ4n) is 2.39. The SMILES string of the molecule is O=C(CN1C(=O)CNC1=O)NCCc1nc2ccccc2c(=O)[nH]1. The second-order valence-corrected chi connectivity index (χ2v) is 5.27. The van der Waals surface area contributed by atoms with Gasteiger partial charge in [-0.25, -0.2) is 9.78 Å². The topological polar surface area (TPSA) is 124 Å². The molecule has 0 unspecified atom stereocenters. The summed E-state index contributed by atoms with van der Waals surface area (Å²) in [5.41, 5.74) is 0.350. The predicted molar refractivity (Wildman–Crippen MR) is 84.2 cm³/mol. The summed E-state index contributed by atoms with van der Waals surface area (Å²) >= 11 is 0. The summed E-state index contributed by atoms with van der Waals surface area (Å²) in [6.45, 7) is -0.190. The molecule has 1 aliphatic rings. The lowest BCUT2D eigenvalue weighted by atomic mass is 10.2. The number of benzene rings is 1. The molecule has 0 radical (unpaired) electrons. The van der Waals surface area contributed by atoms with Crippen LogP contribution in [0, 0.1) is 0 Å². The zero-order chi connectivity index (χ0) is 17.1. The average molecular weight is 329 g/mol. The first-order chi connectivity index (χ1) is 11.5. The molecular formula is C15H15N5O4. The van der Waals surface area contributed by atoms with E-state index in [1.807, 2.05) is 0 Å². The number of aromatic nitrogens is 2. The van der Waals surface area contributed by atoms with Crippen LogP contribution in [-0.4, -0.2) is 52.3 Å². The number of nitrogens with zero attached hydrogens (tertiary/aromatic N) is 2. The highest BCUT2D eigenvalue weighted by Gasteiger charge is 2.29. The highest BCUT2D eigenvalue weighted by atomic mass is 16.2. The van der Waals surface area contributed by atoms with E-state index in [9.17, 15) is 19.2 Å². The minimum absolute atomic E-state index is 0.0889. The third kappa shape index (κ3) is 3.24. The molecule has 1 fully saturated rings. The van der Waals surface area contributed by atoms with E-state index >= 15 is 0 Å². The first-order valence-corrected chi connectivity index (χ1v) is 7.37. The Hall–Kier alpha value is -3.23. The number of carbonyl (C=O) groups excluding carboxylic acids is 3. The molecule has 9 nitrogen and oxygen atoms in total. The summed E-state index contributed by atoms with van der Waals surface area (Å²) in [4.78, 5) is 54.3. The van der Waals surface area contributed by atoms with E-state index in [4.69, 9.17) is 0 Å². The van der Waals surface area contributed by atoms with E-state index in [1.54, 1.807) is 24.3 Å². The largest absolute Gasteiger partial charge is 0.354 e. The fourth-order valence-corrected chi connectivity index (χ4v) is 2.39. The fraction of sp³-hybridized carbons (Fsp3) is 0.267. The van der Waals surface area contributed by atoms with E-state index < -0.39 is 17.8 Å². The van der Waals surface area contributed by atoms with Gasteiger partial charge in [-0.2, -0.15) is 0 Å². The van der Waals surface area contributed by atoms with E-state index in [2.05, 4.69) is 20.6 Å². The van der Waals surface area contributed by atoms with Gasteiger partial charge in [0.25, 0.3) is 11.5 Å². The molecule has 1 aromatic heterocycles. The van der Waals surface area contributed by atoms with E-state index in [0.717, 1.165) is 4.90 Å². The summed E-state index contributed by atoms with van der Waals surface area (Å²) in [5.74, 6) is -0.437. The Bertz CT molecular complexity index is 860. The van der Waals surface area contributed by atoms with Crippen molar-refractivity contribution < 1.29 is 14.4 Å². The maximum absolute atomic E-state index is 11.9. The van der Waals surface area contributed by atoms with Crippen LogP contribution in [-0.2, 0) is 16.0 Å². The van der Waals surface area contributed by atoms with Crippen LogP contribution in [0.1, 0.15) is 5.82 Å². The molecule has 0 saturated carbocycles. The van der Waals surface area contributed by atoms with Crippen LogP contribution in [0.15, 0.2) is 29.1 Å². The van der Waals surface area contributed by atoms with Crippen molar-refractivity contribution in [2.75, 3.05) is 19.6 Å². The van der Waals surface area contributed by atoms with Crippen LogP contribution in [0.25, 0.3) is 10.9 Å². The molecule has 2 aromatic rings. The summed E-state index contributed by atoms with van der Waals surface area (Å²) < 4.78 is 0. The van der Waals surface area contributed by atoms with Gasteiger partial charge in [-0.3, -0.25) is 19.3 Å². The molecule has 9 heteroatoms. The van der Waals surface area contributed by atoms with E-state index in [1.165, 1.54) is 0 Å². The number of imide groups is 1. The average Bonchev–Trinajstić information content (AvgIpc) is 2.87. The van der Waals surface area contributed by atoms with E-state index in [-0.39, 0.29) is 25.2 Å². The number of carbonyl (C=O) groups is 3. The molecule has 1 aliphatic heterocycles. The van der Waals surface area contributed by atoms with Gasteiger partial charge in [0.15, 0.2) is 0 Å². The normalized spacial score (nSPS) is 14.1. The van der Waals surface area contributed by atoms with Crippen LogP contribution in [0.2, 0.25) is 0 Å². The Morgan fingerprint density at radius 2 is 2.04 bits per heavy atom. The van der Waals surface area contributed by atoms with Crippen LogP contribution in [0.5, 0.6) is 0 Å². The molecule has 0 bridgehead atoms. The number of fused-ring (bicyclic) bond motifs is 1. The number of nitrogens with one attached hydrogen (secondary N) is 3. The molecule has 1 aromatic carbocycles. The van der Waals surface area contributed by atoms with Gasteiger partial charge in [-0.1, -0.05) is 12.1 Å². The number of rotatable bonds is 5. The second kappa shape index (κ2) is 6.49. The highest BCUT2D eigenvalue weighted by molar-refractivity contribution is 6.04. The molecule has 24 heavy (non-hydrogen) atoms. The van der Waals surface area contributed by atoms with Crippen molar-refractivity contribution in [3.63, 3.8) is 0 Å². The smallest absolute Gasteiger partial charge is 0.325 e. The first-order valence-electron chi connectivity index (χ1n) is 7.37. The van der Waals surface area contributed by atoms with Crippen molar-refractivity contribution in [2.45, 2.75) is 6.42 Å². The molecule has 124 valence electrons. The standard InChI is InChI=1S/C15H15N5O4/c21-12(8-20-13(22)7-17-15(20)24)16-6-5-11-18-10-4-2-1-3-9(10)14(23)19-11/h1-4H,5-8H2,(H,16,21)(H,17,24)(H,18,19,23). The summed E-state index contributed by atoms with van der Waals surface area (Å²) in [7, 11) is 0. The Morgan fingerprint density at radius 3 is 2.79 bits per heavy atom.